The second kappa shape index (κ2) is 6.40. The highest BCUT2D eigenvalue weighted by molar-refractivity contribution is 7.89. The molecule has 3 rings (SSSR count). The van der Waals surface area contributed by atoms with Crippen LogP contribution in [0.4, 0.5) is 5.69 Å². The van der Waals surface area contributed by atoms with E-state index in [-0.39, 0.29) is 17.4 Å². The molecular weight excluding hydrogens is 350 g/mol. The van der Waals surface area contributed by atoms with Gasteiger partial charge in [0.2, 0.25) is 6.79 Å². The fourth-order valence-corrected chi connectivity index (χ4v) is 3.25. The van der Waals surface area contributed by atoms with E-state index in [1.807, 2.05) is 0 Å². The number of rotatable bonds is 5. The zero-order chi connectivity index (χ0) is 18.0. The van der Waals surface area contributed by atoms with Gasteiger partial charge in [0.1, 0.15) is 0 Å². The number of hydrazone groups is 1. The van der Waals surface area contributed by atoms with Gasteiger partial charge < -0.3 is 9.47 Å². The van der Waals surface area contributed by atoms with Gasteiger partial charge in [0, 0.05) is 18.2 Å². The monoisotopic (exact) mass is 363 g/mol. The predicted molar refractivity (Wildman–Crippen MR) is 88.3 cm³/mol. The Hall–Kier alpha value is -3.14. The molecule has 0 bridgehead atoms. The molecule has 9 nitrogen and oxygen atoms in total. The van der Waals surface area contributed by atoms with Crippen molar-refractivity contribution in [3.05, 3.63) is 57.6 Å². The van der Waals surface area contributed by atoms with Crippen molar-refractivity contribution in [2.24, 2.45) is 5.10 Å². The van der Waals surface area contributed by atoms with Crippen LogP contribution < -0.4 is 14.3 Å². The van der Waals surface area contributed by atoms with E-state index in [1.54, 1.807) is 13.0 Å². The number of nitro groups is 1. The van der Waals surface area contributed by atoms with Crippen molar-refractivity contribution in [1.82, 2.24) is 4.83 Å². The van der Waals surface area contributed by atoms with Crippen LogP contribution in [0.25, 0.3) is 0 Å². The van der Waals surface area contributed by atoms with Gasteiger partial charge in [0.15, 0.2) is 11.5 Å². The Balaban J connectivity index is 1.77. The lowest BCUT2D eigenvalue weighted by molar-refractivity contribution is -0.384. The molecule has 0 aromatic heterocycles. The highest BCUT2D eigenvalue weighted by Gasteiger charge is 2.22. The zero-order valence-corrected chi connectivity index (χ0v) is 13.8. The van der Waals surface area contributed by atoms with Gasteiger partial charge in [-0.2, -0.15) is 13.5 Å². The molecule has 1 aliphatic heterocycles. The SMILES string of the molecule is Cc1cc2c(cc1S(=O)(=O)N/N=C/c1ccc([N+](=O)[O-])cc1)OCO2. The topological polar surface area (TPSA) is 120 Å². The van der Waals surface area contributed by atoms with Crippen molar-refractivity contribution in [3.8, 4) is 11.5 Å². The summed E-state index contributed by atoms with van der Waals surface area (Å²) in [4.78, 5) is 12.2. The van der Waals surface area contributed by atoms with Crippen molar-refractivity contribution in [2.45, 2.75) is 11.8 Å². The number of sulfonamides is 1. The average molecular weight is 363 g/mol. The molecule has 1 N–H and O–H groups in total. The highest BCUT2D eigenvalue weighted by Crippen LogP contribution is 2.36. The summed E-state index contributed by atoms with van der Waals surface area (Å²) >= 11 is 0. The lowest BCUT2D eigenvalue weighted by Gasteiger charge is -2.08. The van der Waals surface area contributed by atoms with Crippen molar-refractivity contribution in [1.29, 1.82) is 0 Å². The van der Waals surface area contributed by atoms with Gasteiger partial charge in [-0.3, -0.25) is 10.1 Å². The maximum atomic E-state index is 12.4. The van der Waals surface area contributed by atoms with Crippen molar-refractivity contribution >= 4 is 21.9 Å². The summed E-state index contributed by atoms with van der Waals surface area (Å²) in [5.41, 5.74) is 0.937. The number of nitro benzene ring substituents is 1. The van der Waals surface area contributed by atoms with Crippen LogP contribution in [0.5, 0.6) is 11.5 Å². The van der Waals surface area contributed by atoms with Crippen LogP contribution >= 0.6 is 0 Å². The minimum Gasteiger partial charge on any atom is -0.454 e. The van der Waals surface area contributed by atoms with E-state index < -0.39 is 14.9 Å². The molecular formula is C15H13N3O6S. The van der Waals surface area contributed by atoms with E-state index in [4.69, 9.17) is 9.47 Å². The Labute approximate surface area is 143 Å². The fraction of sp³-hybridized carbons (Fsp3) is 0.133. The first kappa shape index (κ1) is 16.7. The van der Waals surface area contributed by atoms with Gasteiger partial charge in [-0.1, -0.05) is 0 Å². The second-order valence-corrected chi connectivity index (χ2v) is 6.80. The Morgan fingerprint density at radius 2 is 1.84 bits per heavy atom. The summed E-state index contributed by atoms with van der Waals surface area (Å²) in [6, 6.07) is 8.48. The third kappa shape index (κ3) is 3.53. The first-order valence-corrected chi connectivity index (χ1v) is 8.55. The van der Waals surface area contributed by atoms with Crippen LogP contribution in [0.1, 0.15) is 11.1 Å². The molecule has 0 atom stereocenters. The van der Waals surface area contributed by atoms with E-state index in [9.17, 15) is 18.5 Å². The third-order valence-corrected chi connectivity index (χ3v) is 4.81. The zero-order valence-electron chi connectivity index (χ0n) is 13.0. The Morgan fingerprint density at radius 3 is 2.48 bits per heavy atom. The highest BCUT2D eigenvalue weighted by atomic mass is 32.2. The van der Waals surface area contributed by atoms with Gasteiger partial charge >= 0.3 is 0 Å². The summed E-state index contributed by atoms with van der Waals surface area (Å²) < 4.78 is 35.1. The number of benzene rings is 2. The van der Waals surface area contributed by atoms with E-state index in [1.165, 1.54) is 36.5 Å². The maximum Gasteiger partial charge on any atom is 0.276 e. The summed E-state index contributed by atoms with van der Waals surface area (Å²) in [5.74, 6) is 0.844. The number of nitrogens with one attached hydrogen (secondary N) is 1. The van der Waals surface area contributed by atoms with Crippen LogP contribution in [-0.2, 0) is 10.0 Å². The van der Waals surface area contributed by atoms with Crippen LogP contribution in [0.2, 0.25) is 0 Å². The van der Waals surface area contributed by atoms with E-state index in [0.29, 0.717) is 22.6 Å². The molecule has 2 aromatic rings. The number of ether oxygens (including phenoxy) is 2. The van der Waals surface area contributed by atoms with Crippen molar-refractivity contribution in [3.63, 3.8) is 0 Å². The van der Waals surface area contributed by atoms with E-state index in [0.717, 1.165) is 0 Å². The molecule has 0 saturated carbocycles. The van der Waals surface area contributed by atoms with Crippen LogP contribution in [0, 0.1) is 17.0 Å². The number of aryl methyl sites for hydroxylation is 1. The van der Waals surface area contributed by atoms with Gasteiger partial charge in [-0.25, -0.2) is 4.83 Å². The first-order valence-electron chi connectivity index (χ1n) is 7.06. The van der Waals surface area contributed by atoms with Gasteiger partial charge in [0.05, 0.1) is 16.0 Å². The molecule has 0 unspecified atom stereocenters. The Bertz CT molecular complexity index is 954. The quantitative estimate of drug-likeness (QED) is 0.492. The van der Waals surface area contributed by atoms with E-state index >= 15 is 0 Å². The average Bonchev–Trinajstić information content (AvgIpc) is 3.01. The molecule has 0 fully saturated rings. The summed E-state index contributed by atoms with van der Waals surface area (Å²) in [7, 11) is -3.90. The Morgan fingerprint density at radius 1 is 1.20 bits per heavy atom. The number of non-ortho nitro benzene ring substituents is 1. The molecule has 0 amide bonds. The maximum absolute atomic E-state index is 12.4. The minimum atomic E-state index is -3.90. The van der Waals surface area contributed by atoms with Gasteiger partial charge in [-0.15, -0.1) is 0 Å². The molecule has 1 heterocycles. The molecule has 0 spiro atoms. The van der Waals surface area contributed by atoms with E-state index in [2.05, 4.69) is 9.93 Å². The standard InChI is InChI=1S/C15H13N3O6S/c1-10-6-13-14(24-9-23-13)7-15(10)25(21,22)17-16-8-11-2-4-12(5-3-11)18(19)20/h2-8,17H,9H2,1H3/b16-8+. The molecule has 130 valence electrons. The molecule has 0 aliphatic carbocycles. The minimum absolute atomic E-state index is 0.0256. The Kier molecular flexibility index (Phi) is 4.28. The van der Waals surface area contributed by atoms with Gasteiger partial charge in [-0.05, 0) is 36.2 Å². The fourth-order valence-electron chi connectivity index (χ4n) is 2.22. The summed E-state index contributed by atoms with van der Waals surface area (Å²) in [6.45, 7) is 1.68. The third-order valence-electron chi connectivity index (χ3n) is 3.45. The van der Waals surface area contributed by atoms with Crippen molar-refractivity contribution in [2.75, 3.05) is 6.79 Å². The normalized spacial score (nSPS) is 13.2. The lowest BCUT2D eigenvalue weighted by Crippen LogP contribution is -2.19. The van der Waals surface area contributed by atoms with Crippen molar-refractivity contribution < 1.29 is 22.8 Å². The first-order chi connectivity index (χ1) is 11.9. The summed E-state index contributed by atoms with van der Waals surface area (Å²) in [6.07, 6.45) is 1.25. The predicted octanol–water partition coefficient (Wildman–Crippen LogP) is 1.94. The number of hydrogen-bond donors (Lipinski definition) is 1. The summed E-state index contributed by atoms with van der Waals surface area (Å²) in [5, 5.41) is 14.3. The number of fused-ring (bicyclic) bond motifs is 1. The molecule has 2 aromatic carbocycles. The lowest BCUT2D eigenvalue weighted by atomic mass is 10.2. The molecule has 1 aliphatic rings. The molecule has 25 heavy (non-hydrogen) atoms. The smallest absolute Gasteiger partial charge is 0.276 e. The number of hydrogen-bond acceptors (Lipinski definition) is 7. The van der Waals surface area contributed by atoms with Gasteiger partial charge in [0.25, 0.3) is 15.7 Å². The molecule has 0 saturated heterocycles. The van der Waals surface area contributed by atoms with Crippen LogP contribution in [0.15, 0.2) is 46.4 Å². The number of nitrogens with zero attached hydrogens (tertiary/aromatic N) is 2. The second-order valence-electron chi connectivity index (χ2n) is 5.17. The molecule has 0 radical (unpaired) electrons. The molecule has 10 heteroatoms. The van der Waals surface area contributed by atoms with Crippen LogP contribution in [0.3, 0.4) is 0 Å². The van der Waals surface area contributed by atoms with Crippen LogP contribution in [-0.4, -0.2) is 26.3 Å². The largest absolute Gasteiger partial charge is 0.454 e.